The van der Waals surface area contributed by atoms with Crippen LogP contribution in [0, 0.1) is 0 Å². The molecule has 0 radical (unpaired) electrons. The molecule has 1 heterocycles. The molecule has 0 bridgehead atoms. The summed E-state index contributed by atoms with van der Waals surface area (Å²) < 4.78 is 6.48. The van der Waals surface area contributed by atoms with Gasteiger partial charge < -0.3 is 14.2 Å². The van der Waals surface area contributed by atoms with E-state index in [0.29, 0.717) is 0 Å². The summed E-state index contributed by atoms with van der Waals surface area (Å²) in [6.07, 6.45) is 0. The van der Waals surface area contributed by atoms with Crippen LogP contribution in [0.1, 0.15) is 0 Å². The van der Waals surface area contributed by atoms with Crippen molar-refractivity contribution in [3.05, 3.63) is 182 Å². The highest BCUT2D eigenvalue weighted by atomic mass is 16.3. The summed E-state index contributed by atoms with van der Waals surface area (Å²) >= 11 is 0. The Morgan fingerprint density at radius 1 is 0.277 bits per heavy atom. The molecule has 3 heteroatoms. The van der Waals surface area contributed by atoms with E-state index in [9.17, 15) is 0 Å². The Morgan fingerprint density at radius 3 is 0.957 bits per heavy atom. The van der Waals surface area contributed by atoms with Gasteiger partial charge in [0.2, 0.25) is 0 Å². The van der Waals surface area contributed by atoms with E-state index < -0.39 is 0 Å². The van der Waals surface area contributed by atoms with Gasteiger partial charge in [0.25, 0.3) is 0 Å². The third kappa shape index (κ3) is 4.86. The Hall–Kier alpha value is -6.32. The zero-order valence-corrected chi connectivity index (χ0v) is 25.6. The van der Waals surface area contributed by atoms with Crippen molar-refractivity contribution in [2.45, 2.75) is 0 Å². The molecule has 0 saturated heterocycles. The normalized spacial score (nSPS) is 11.4. The van der Waals surface area contributed by atoms with Gasteiger partial charge in [-0.05, 0) is 119 Å². The van der Waals surface area contributed by atoms with E-state index in [0.717, 1.165) is 66.8 Å². The van der Waals surface area contributed by atoms with Crippen LogP contribution in [0.25, 0.3) is 43.5 Å². The molecule has 1 aromatic heterocycles. The van der Waals surface area contributed by atoms with Crippen LogP contribution in [-0.2, 0) is 0 Å². The smallest absolute Gasteiger partial charge is 0.136 e. The average Bonchev–Trinajstić information content (AvgIpc) is 3.47. The van der Waals surface area contributed by atoms with Gasteiger partial charge in [-0.1, -0.05) is 84.9 Å². The van der Waals surface area contributed by atoms with Gasteiger partial charge in [0.05, 0.1) is 0 Å². The number of hydrogen-bond acceptors (Lipinski definition) is 3. The predicted molar refractivity (Wildman–Crippen MR) is 198 cm³/mol. The molecule has 0 N–H and O–H groups in total. The molecule has 0 aliphatic carbocycles. The lowest BCUT2D eigenvalue weighted by molar-refractivity contribution is 0.670. The fourth-order valence-corrected chi connectivity index (χ4v) is 6.72. The van der Waals surface area contributed by atoms with Crippen molar-refractivity contribution in [3.8, 4) is 0 Å². The number of benzene rings is 8. The summed E-state index contributed by atoms with van der Waals surface area (Å²) in [4.78, 5) is 4.61. The standard InChI is InChI=1S/C44H30N2O/c1-5-13-35(14-6-1)45(36-15-7-2-8-16-36)39-23-21-31-29-43-41(27-33(31)25-39)42-28-34-26-40(24-22-32(34)30-44(42)47-43)46(37-17-9-3-10-18-37)38-19-11-4-12-20-38/h1-30H. The van der Waals surface area contributed by atoms with Gasteiger partial charge in [-0.15, -0.1) is 0 Å². The molecule has 47 heavy (non-hydrogen) atoms. The molecule has 0 fully saturated rings. The van der Waals surface area contributed by atoms with Crippen LogP contribution in [0.2, 0.25) is 0 Å². The number of fused-ring (bicyclic) bond motifs is 5. The first-order chi connectivity index (χ1) is 23.3. The molecule has 0 spiro atoms. The summed E-state index contributed by atoms with van der Waals surface area (Å²) in [6, 6.07) is 64.4. The van der Waals surface area contributed by atoms with Crippen LogP contribution >= 0.6 is 0 Å². The summed E-state index contributed by atoms with van der Waals surface area (Å²) in [5.74, 6) is 0. The van der Waals surface area contributed by atoms with E-state index in [1.807, 2.05) is 0 Å². The highest BCUT2D eigenvalue weighted by molar-refractivity contribution is 6.14. The number of nitrogens with zero attached hydrogens (tertiary/aromatic N) is 2. The zero-order chi connectivity index (χ0) is 31.2. The Kier molecular flexibility index (Phi) is 6.46. The van der Waals surface area contributed by atoms with Gasteiger partial charge in [-0.25, -0.2) is 0 Å². The minimum atomic E-state index is 0.897. The Morgan fingerprint density at radius 2 is 0.617 bits per heavy atom. The monoisotopic (exact) mass is 602 g/mol. The van der Waals surface area contributed by atoms with Crippen molar-refractivity contribution in [2.75, 3.05) is 9.80 Å². The fourth-order valence-electron chi connectivity index (χ4n) is 6.72. The molecule has 0 amide bonds. The average molecular weight is 603 g/mol. The highest BCUT2D eigenvalue weighted by Crippen LogP contribution is 2.41. The third-order valence-corrected chi connectivity index (χ3v) is 8.93. The highest BCUT2D eigenvalue weighted by Gasteiger charge is 2.16. The number of anilines is 6. The van der Waals surface area contributed by atoms with Gasteiger partial charge in [-0.3, -0.25) is 0 Å². The van der Waals surface area contributed by atoms with Crippen molar-refractivity contribution in [1.82, 2.24) is 0 Å². The lowest BCUT2D eigenvalue weighted by atomic mass is 10.0. The van der Waals surface area contributed by atoms with Crippen LogP contribution in [0.5, 0.6) is 0 Å². The first-order valence-corrected chi connectivity index (χ1v) is 15.9. The quantitative estimate of drug-likeness (QED) is 0.189. The number of hydrogen-bond donors (Lipinski definition) is 0. The van der Waals surface area contributed by atoms with Gasteiger partial charge >= 0.3 is 0 Å². The second-order valence-corrected chi connectivity index (χ2v) is 11.9. The minimum Gasteiger partial charge on any atom is -0.456 e. The number of rotatable bonds is 6. The molecule has 0 saturated carbocycles. The van der Waals surface area contributed by atoms with Crippen LogP contribution < -0.4 is 9.80 Å². The van der Waals surface area contributed by atoms with E-state index in [-0.39, 0.29) is 0 Å². The molecule has 0 aliphatic heterocycles. The maximum Gasteiger partial charge on any atom is 0.136 e. The molecule has 3 nitrogen and oxygen atoms in total. The molecule has 0 aliphatic rings. The fraction of sp³-hybridized carbons (Fsp3) is 0. The van der Waals surface area contributed by atoms with Crippen LogP contribution in [0.15, 0.2) is 186 Å². The predicted octanol–water partition coefficient (Wildman–Crippen LogP) is 12.8. The second kappa shape index (κ2) is 11.2. The Balaban J connectivity index is 1.19. The number of para-hydroxylation sites is 4. The first-order valence-electron chi connectivity index (χ1n) is 15.9. The molecule has 9 rings (SSSR count). The number of furan rings is 1. The van der Waals surface area contributed by atoms with Crippen LogP contribution in [0.3, 0.4) is 0 Å². The molecule has 0 atom stereocenters. The van der Waals surface area contributed by atoms with E-state index in [4.69, 9.17) is 4.42 Å². The summed E-state index contributed by atoms with van der Waals surface area (Å²) in [5, 5.41) is 6.87. The maximum absolute atomic E-state index is 6.48. The van der Waals surface area contributed by atoms with E-state index in [1.54, 1.807) is 0 Å². The molecular weight excluding hydrogens is 572 g/mol. The summed E-state index contributed by atoms with van der Waals surface area (Å²) in [6.45, 7) is 0. The molecule has 9 aromatic rings. The maximum atomic E-state index is 6.48. The topological polar surface area (TPSA) is 19.6 Å². The van der Waals surface area contributed by atoms with Gasteiger partial charge in [-0.2, -0.15) is 0 Å². The second-order valence-electron chi connectivity index (χ2n) is 11.9. The molecule has 222 valence electrons. The van der Waals surface area contributed by atoms with Crippen LogP contribution in [-0.4, -0.2) is 0 Å². The largest absolute Gasteiger partial charge is 0.456 e. The first kappa shape index (κ1) is 27.0. The third-order valence-electron chi connectivity index (χ3n) is 8.93. The SMILES string of the molecule is c1ccc(N(c2ccccc2)c2ccc3cc4oc5cc6ccc(N(c7ccccc7)c7ccccc7)cc6cc5c4cc3c2)cc1. The van der Waals surface area contributed by atoms with E-state index in [1.165, 1.54) is 10.8 Å². The summed E-state index contributed by atoms with van der Waals surface area (Å²) in [7, 11) is 0. The Labute approximate surface area is 273 Å². The van der Waals surface area contributed by atoms with Crippen molar-refractivity contribution in [2.24, 2.45) is 0 Å². The van der Waals surface area contributed by atoms with Crippen molar-refractivity contribution in [3.63, 3.8) is 0 Å². The minimum absolute atomic E-state index is 0.897. The van der Waals surface area contributed by atoms with Crippen molar-refractivity contribution >= 4 is 77.6 Å². The van der Waals surface area contributed by atoms with Crippen LogP contribution in [0.4, 0.5) is 34.1 Å². The van der Waals surface area contributed by atoms with E-state index >= 15 is 0 Å². The summed E-state index contributed by atoms with van der Waals surface area (Å²) in [5.41, 5.74) is 8.50. The Bertz CT molecular complexity index is 2250. The van der Waals surface area contributed by atoms with Gasteiger partial charge in [0, 0.05) is 44.9 Å². The zero-order valence-electron chi connectivity index (χ0n) is 25.6. The molecule has 8 aromatic carbocycles. The van der Waals surface area contributed by atoms with E-state index in [2.05, 4.69) is 192 Å². The molecule has 0 unspecified atom stereocenters. The molecular formula is C44H30N2O. The van der Waals surface area contributed by atoms with Gasteiger partial charge in [0.15, 0.2) is 0 Å². The van der Waals surface area contributed by atoms with Crippen molar-refractivity contribution in [1.29, 1.82) is 0 Å². The van der Waals surface area contributed by atoms with Crippen molar-refractivity contribution < 1.29 is 4.42 Å². The lowest BCUT2D eigenvalue weighted by Crippen LogP contribution is -2.09. The van der Waals surface area contributed by atoms with Gasteiger partial charge in [0.1, 0.15) is 11.2 Å². The lowest BCUT2D eigenvalue weighted by Gasteiger charge is -2.25.